The fourth-order valence-corrected chi connectivity index (χ4v) is 3.25. The van der Waals surface area contributed by atoms with Gasteiger partial charge in [-0.25, -0.2) is 8.78 Å². The maximum Gasteiger partial charge on any atom is 0.141 e. The Morgan fingerprint density at radius 2 is 1.80 bits per heavy atom. The van der Waals surface area contributed by atoms with Gasteiger partial charge in [0.2, 0.25) is 0 Å². The van der Waals surface area contributed by atoms with Gasteiger partial charge in [0.25, 0.3) is 0 Å². The van der Waals surface area contributed by atoms with Gasteiger partial charge < -0.3 is 11.5 Å². The molecule has 2 nitrogen and oxygen atoms in total. The second-order valence-electron chi connectivity index (χ2n) is 4.34. The first-order valence-electron chi connectivity index (χ1n) is 5.70. The first kappa shape index (κ1) is 13.1. The average molecular weight is 311 g/mol. The van der Waals surface area contributed by atoms with Crippen LogP contribution in [0.25, 0.3) is 21.2 Å². The van der Waals surface area contributed by atoms with Crippen LogP contribution < -0.4 is 11.5 Å². The molecule has 4 N–H and O–H groups in total. The summed E-state index contributed by atoms with van der Waals surface area (Å²) in [6.45, 7) is 0. The minimum Gasteiger partial charge on any atom is -0.396 e. The third-order valence-corrected chi connectivity index (χ3v) is 4.32. The van der Waals surface area contributed by atoms with Crippen molar-refractivity contribution in [3.05, 3.63) is 47.0 Å². The zero-order chi connectivity index (χ0) is 14.4. The molecular weight excluding hydrogens is 302 g/mol. The molecule has 0 saturated carbocycles. The van der Waals surface area contributed by atoms with Gasteiger partial charge in [0.1, 0.15) is 16.6 Å². The molecule has 102 valence electrons. The second kappa shape index (κ2) is 4.61. The van der Waals surface area contributed by atoms with Crippen molar-refractivity contribution >= 4 is 43.7 Å². The molecule has 0 saturated heterocycles. The van der Waals surface area contributed by atoms with Gasteiger partial charge in [0, 0.05) is 10.1 Å². The van der Waals surface area contributed by atoms with Crippen LogP contribution in [0.3, 0.4) is 0 Å². The molecule has 0 aliphatic heterocycles. The smallest absolute Gasteiger partial charge is 0.141 e. The molecule has 20 heavy (non-hydrogen) atoms. The number of benzene rings is 2. The van der Waals surface area contributed by atoms with Gasteiger partial charge >= 0.3 is 0 Å². The summed E-state index contributed by atoms with van der Waals surface area (Å²) in [5.41, 5.74) is 13.3. The summed E-state index contributed by atoms with van der Waals surface area (Å²) in [5.74, 6) is -0.935. The van der Waals surface area contributed by atoms with E-state index in [0.29, 0.717) is 31.9 Å². The van der Waals surface area contributed by atoms with Crippen molar-refractivity contribution in [2.24, 2.45) is 0 Å². The van der Waals surface area contributed by atoms with Crippen molar-refractivity contribution in [3.8, 4) is 11.1 Å². The van der Waals surface area contributed by atoms with E-state index in [1.807, 2.05) is 0 Å². The maximum absolute atomic E-state index is 13.7. The molecule has 0 atom stereocenters. The zero-order valence-electron chi connectivity index (χ0n) is 10.1. The molecule has 6 heteroatoms. The molecule has 3 aromatic rings. The number of rotatable bonds is 1. The molecule has 1 heterocycles. The summed E-state index contributed by atoms with van der Waals surface area (Å²) in [6.07, 6.45) is 0. The lowest BCUT2D eigenvalue weighted by Gasteiger charge is -2.07. The van der Waals surface area contributed by atoms with E-state index in [2.05, 4.69) is 0 Å². The highest BCUT2D eigenvalue weighted by atomic mass is 35.5. The van der Waals surface area contributed by atoms with E-state index in [-0.39, 0.29) is 5.02 Å². The van der Waals surface area contributed by atoms with Crippen LogP contribution >= 0.6 is 22.9 Å². The van der Waals surface area contributed by atoms with Gasteiger partial charge in [-0.2, -0.15) is 0 Å². The second-order valence-corrected chi connectivity index (χ2v) is 5.83. The van der Waals surface area contributed by atoms with Crippen LogP contribution in [0.5, 0.6) is 0 Å². The minimum atomic E-state index is -0.527. The Kier molecular flexibility index (Phi) is 3.03. The summed E-state index contributed by atoms with van der Waals surface area (Å²) in [5, 5.41) is 1.07. The SMILES string of the molecule is Nc1sc2cc(F)cc(-c3ccc(F)c(Cl)c3)c2c1N. The lowest BCUT2D eigenvalue weighted by atomic mass is 10.0. The van der Waals surface area contributed by atoms with E-state index < -0.39 is 11.6 Å². The van der Waals surface area contributed by atoms with E-state index in [9.17, 15) is 8.78 Å². The zero-order valence-corrected chi connectivity index (χ0v) is 11.7. The number of nitrogen functional groups attached to an aromatic ring is 2. The fraction of sp³-hybridized carbons (Fsp3) is 0. The number of fused-ring (bicyclic) bond motifs is 1. The quantitative estimate of drug-likeness (QED) is 0.686. The molecule has 0 fully saturated rings. The molecule has 0 aliphatic rings. The highest BCUT2D eigenvalue weighted by Gasteiger charge is 2.15. The first-order valence-corrected chi connectivity index (χ1v) is 6.89. The third-order valence-electron chi connectivity index (χ3n) is 3.05. The van der Waals surface area contributed by atoms with Gasteiger partial charge in [-0.15, -0.1) is 11.3 Å². The molecule has 0 bridgehead atoms. The van der Waals surface area contributed by atoms with E-state index in [1.165, 1.54) is 41.7 Å². The Morgan fingerprint density at radius 3 is 2.50 bits per heavy atom. The number of hydrogen-bond acceptors (Lipinski definition) is 3. The Labute approximate surface area is 122 Å². The van der Waals surface area contributed by atoms with E-state index in [0.717, 1.165) is 0 Å². The largest absolute Gasteiger partial charge is 0.396 e. The standard InChI is InChI=1S/C14H9ClF2N2S/c15-9-3-6(1-2-10(9)17)8-4-7(16)5-11-12(8)13(18)14(19)20-11/h1-5H,18-19H2. The van der Waals surface area contributed by atoms with Crippen LogP contribution in [0.1, 0.15) is 0 Å². The highest BCUT2D eigenvalue weighted by Crippen LogP contribution is 2.42. The van der Waals surface area contributed by atoms with Crippen LogP contribution in [0.15, 0.2) is 30.3 Å². The number of anilines is 2. The molecule has 0 unspecified atom stereocenters. The molecule has 0 spiro atoms. The predicted octanol–water partition coefficient (Wildman–Crippen LogP) is 4.66. The van der Waals surface area contributed by atoms with E-state index in [1.54, 1.807) is 0 Å². The van der Waals surface area contributed by atoms with Crippen molar-refractivity contribution in [3.63, 3.8) is 0 Å². The number of thiophene rings is 1. The molecule has 0 amide bonds. The third kappa shape index (κ3) is 1.99. The van der Waals surface area contributed by atoms with E-state index in [4.69, 9.17) is 23.1 Å². The summed E-state index contributed by atoms with van der Waals surface area (Å²) in [4.78, 5) is 0. The molecule has 1 aromatic heterocycles. The Morgan fingerprint density at radius 1 is 1.05 bits per heavy atom. The average Bonchev–Trinajstić information content (AvgIpc) is 2.67. The molecule has 3 rings (SSSR count). The lowest BCUT2D eigenvalue weighted by Crippen LogP contribution is -1.91. The predicted molar refractivity (Wildman–Crippen MR) is 81.0 cm³/mol. The molecule has 0 aliphatic carbocycles. The van der Waals surface area contributed by atoms with Gasteiger partial charge in [-0.3, -0.25) is 0 Å². The van der Waals surface area contributed by atoms with Crippen LogP contribution in [-0.2, 0) is 0 Å². The number of halogens is 3. The summed E-state index contributed by atoms with van der Waals surface area (Å²) < 4.78 is 27.6. The number of nitrogens with two attached hydrogens (primary N) is 2. The topological polar surface area (TPSA) is 52.0 Å². The fourth-order valence-electron chi connectivity index (χ4n) is 2.13. The van der Waals surface area contributed by atoms with Gasteiger partial charge in [-0.05, 0) is 35.4 Å². The van der Waals surface area contributed by atoms with Crippen molar-refractivity contribution in [2.75, 3.05) is 11.5 Å². The van der Waals surface area contributed by atoms with Crippen LogP contribution in [0, 0.1) is 11.6 Å². The van der Waals surface area contributed by atoms with Crippen molar-refractivity contribution in [1.82, 2.24) is 0 Å². The van der Waals surface area contributed by atoms with Crippen LogP contribution in [-0.4, -0.2) is 0 Å². The molecular formula is C14H9ClF2N2S. The lowest BCUT2D eigenvalue weighted by molar-refractivity contribution is 0.628. The highest BCUT2D eigenvalue weighted by molar-refractivity contribution is 7.23. The normalized spacial score (nSPS) is 11.2. The Hall–Kier alpha value is -1.85. The maximum atomic E-state index is 13.7. The van der Waals surface area contributed by atoms with Gasteiger partial charge in [-0.1, -0.05) is 17.7 Å². The van der Waals surface area contributed by atoms with Crippen LogP contribution in [0.4, 0.5) is 19.5 Å². The van der Waals surface area contributed by atoms with Gasteiger partial charge in [0.05, 0.1) is 10.7 Å². The Balaban J connectivity index is 2.37. The van der Waals surface area contributed by atoms with Crippen LogP contribution in [0.2, 0.25) is 5.02 Å². The van der Waals surface area contributed by atoms with E-state index >= 15 is 0 Å². The van der Waals surface area contributed by atoms with Crippen molar-refractivity contribution in [2.45, 2.75) is 0 Å². The first-order chi connectivity index (χ1) is 9.47. The molecule has 0 radical (unpaired) electrons. The summed E-state index contributed by atoms with van der Waals surface area (Å²) in [6, 6.07) is 6.93. The Bertz CT molecular complexity index is 830. The van der Waals surface area contributed by atoms with Crippen molar-refractivity contribution < 1.29 is 8.78 Å². The minimum absolute atomic E-state index is 0.0262. The van der Waals surface area contributed by atoms with Crippen molar-refractivity contribution in [1.29, 1.82) is 0 Å². The summed E-state index contributed by atoms with van der Waals surface area (Å²) >= 11 is 6.99. The molecule has 2 aromatic carbocycles. The number of hydrogen-bond donors (Lipinski definition) is 2. The summed E-state index contributed by atoms with van der Waals surface area (Å²) in [7, 11) is 0. The monoisotopic (exact) mass is 310 g/mol. The van der Waals surface area contributed by atoms with Gasteiger partial charge in [0.15, 0.2) is 0 Å².